The Kier molecular flexibility index (Phi) is 6.68. The molecule has 18 heavy (non-hydrogen) atoms. The minimum absolute atomic E-state index is 0.259. The smallest absolute Gasteiger partial charge is 0.0485 e. The van der Waals surface area contributed by atoms with Crippen molar-refractivity contribution in [3.63, 3.8) is 0 Å². The van der Waals surface area contributed by atoms with Crippen LogP contribution in [0.4, 0.5) is 0 Å². The van der Waals surface area contributed by atoms with Gasteiger partial charge in [-0.2, -0.15) is 11.8 Å². The number of thioether (sulfide) groups is 1. The van der Waals surface area contributed by atoms with Gasteiger partial charge >= 0.3 is 0 Å². The van der Waals surface area contributed by atoms with Crippen LogP contribution < -0.4 is 5.73 Å². The van der Waals surface area contributed by atoms with E-state index in [9.17, 15) is 0 Å². The molecule has 102 valence electrons. The van der Waals surface area contributed by atoms with Gasteiger partial charge in [-0.05, 0) is 51.0 Å². The second-order valence-corrected chi connectivity index (χ2v) is 5.77. The van der Waals surface area contributed by atoms with Crippen molar-refractivity contribution in [1.82, 2.24) is 9.88 Å². The first-order chi connectivity index (χ1) is 8.60. The van der Waals surface area contributed by atoms with E-state index in [1.807, 2.05) is 24.9 Å². The highest BCUT2D eigenvalue weighted by Crippen LogP contribution is 2.21. The minimum Gasteiger partial charge on any atom is -0.329 e. The molecular weight excluding hydrogens is 242 g/mol. The van der Waals surface area contributed by atoms with Crippen LogP contribution in [0.25, 0.3) is 0 Å². The van der Waals surface area contributed by atoms with Crippen LogP contribution in [-0.2, 0) is 0 Å². The third-order valence-electron chi connectivity index (χ3n) is 3.47. The molecule has 2 atom stereocenters. The first kappa shape index (κ1) is 15.5. The summed E-state index contributed by atoms with van der Waals surface area (Å²) in [5.74, 6) is 1.19. The highest BCUT2D eigenvalue weighted by molar-refractivity contribution is 7.98. The maximum absolute atomic E-state index is 5.94. The third kappa shape index (κ3) is 4.26. The number of likely N-dealkylation sites (N-methyl/N-ethyl adjacent to an activating group) is 1. The quantitative estimate of drug-likeness (QED) is 0.824. The molecule has 0 saturated carbocycles. The van der Waals surface area contributed by atoms with Gasteiger partial charge in [-0.1, -0.05) is 6.07 Å². The fraction of sp³-hybridized carbons (Fsp3) is 0.643. The van der Waals surface area contributed by atoms with E-state index in [0.717, 1.165) is 5.69 Å². The Morgan fingerprint density at radius 3 is 2.67 bits per heavy atom. The summed E-state index contributed by atoms with van der Waals surface area (Å²) in [6.45, 7) is 4.90. The zero-order valence-corrected chi connectivity index (χ0v) is 12.7. The second-order valence-electron chi connectivity index (χ2n) is 4.78. The molecule has 0 spiro atoms. The number of aryl methyl sites for hydroxylation is 1. The first-order valence-corrected chi connectivity index (χ1v) is 7.83. The van der Waals surface area contributed by atoms with E-state index in [0.29, 0.717) is 12.6 Å². The maximum Gasteiger partial charge on any atom is 0.0485 e. The minimum atomic E-state index is 0.259. The highest BCUT2D eigenvalue weighted by Gasteiger charge is 2.20. The van der Waals surface area contributed by atoms with E-state index in [-0.39, 0.29) is 6.04 Å². The van der Waals surface area contributed by atoms with Gasteiger partial charge in [0, 0.05) is 30.5 Å². The topological polar surface area (TPSA) is 42.1 Å². The molecule has 1 heterocycles. The number of rotatable bonds is 7. The van der Waals surface area contributed by atoms with Gasteiger partial charge in [0.05, 0.1) is 0 Å². The van der Waals surface area contributed by atoms with E-state index < -0.39 is 0 Å². The first-order valence-electron chi connectivity index (χ1n) is 6.43. The van der Waals surface area contributed by atoms with Crippen LogP contribution in [0.2, 0.25) is 0 Å². The van der Waals surface area contributed by atoms with E-state index in [4.69, 9.17) is 5.73 Å². The number of nitrogens with zero attached hydrogens (tertiary/aromatic N) is 2. The number of aromatic nitrogens is 1. The van der Waals surface area contributed by atoms with Gasteiger partial charge in [0.2, 0.25) is 0 Å². The van der Waals surface area contributed by atoms with Gasteiger partial charge < -0.3 is 5.73 Å². The van der Waals surface area contributed by atoms with Crippen molar-refractivity contribution < 1.29 is 0 Å². The van der Waals surface area contributed by atoms with Crippen LogP contribution in [0.3, 0.4) is 0 Å². The molecule has 0 radical (unpaired) electrons. The van der Waals surface area contributed by atoms with Crippen molar-refractivity contribution in [3.8, 4) is 0 Å². The Balaban J connectivity index is 2.72. The molecule has 2 unspecified atom stereocenters. The summed E-state index contributed by atoms with van der Waals surface area (Å²) in [4.78, 5) is 6.73. The number of hydrogen-bond acceptors (Lipinski definition) is 4. The Morgan fingerprint density at radius 1 is 1.44 bits per heavy atom. The maximum atomic E-state index is 5.94. The van der Waals surface area contributed by atoms with Gasteiger partial charge in [0.25, 0.3) is 0 Å². The van der Waals surface area contributed by atoms with Crippen molar-refractivity contribution in [2.45, 2.75) is 32.4 Å². The molecule has 0 saturated heterocycles. The molecule has 3 nitrogen and oxygen atoms in total. The van der Waals surface area contributed by atoms with Crippen molar-refractivity contribution in [1.29, 1.82) is 0 Å². The van der Waals surface area contributed by atoms with Crippen LogP contribution >= 0.6 is 11.8 Å². The molecular formula is C14H25N3S. The van der Waals surface area contributed by atoms with Crippen molar-refractivity contribution in [3.05, 3.63) is 29.6 Å². The van der Waals surface area contributed by atoms with Crippen LogP contribution in [0, 0.1) is 6.92 Å². The lowest BCUT2D eigenvalue weighted by Gasteiger charge is -2.32. The summed E-state index contributed by atoms with van der Waals surface area (Å²) in [6.07, 6.45) is 5.29. The lowest BCUT2D eigenvalue weighted by molar-refractivity contribution is 0.185. The van der Waals surface area contributed by atoms with Crippen molar-refractivity contribution in [2.24, 2.45) is 5.73 Å². The second kappa shape index (κ2) is 7.77. The summed E-state index contributed by atoms with van der Waals surface area (Å²) < 4.78 is 0. The lowest BCUT2D eigenvalue weighted by Crippen LogP contribution is -2.37. The van der Waals surface area contributed by atoms with Crippen LogP contribution in [-0.4, -0.2) is 41.5 Å². The summed E-state index contributed by atoms with van der Waals surface area (Å²) in [5.41, 5.74) is 8.19. The number of nitrogens with two attached hydrogens (primary N) is 1. The van der Waals surface area contributed by atoms with Crippen molar-refractivity contribution >= 4 is 11.8 Å². The molecule has 0 fully saturated rings. The van der Waals surface area contributed by atoms with Crippen LogP contribution in [0.15, 0.2) is 18.3 Å². The Bertz CT molecular complexity index is 339. The SMILES string of the molecule is CSCCC(C)N(C)C(CN)c1ccc(C)nc1. The van der Waals surface area contributed by atoms with Crippen LogP contribution in [0.1, 0.15) is 30.6 Å². The molecule has 0 aliphatic carbocycles. The van der Waals surface area contributed by atoms with E-state index >= 15 is 0 Å². The van der Waals surface area contributed by atoms with E-state index in [2.05, 4.69) is 42.2 Å². The fourth-order valence-corrected chi connectivity index (χ4v) is 2.59. The third-order valence-corrected chi connectivity index (χ3v) is 4.11. The molecule has 0 bridgehead atoms. The van der Waals surface area contributed by atoms with Gasteiger partial charge in [-0.15, -0.1) is 0 Å². The van der Waals surface area contributed by atoms with Gasteiger partial charge in [0.15, 0.2) is 0 Å². The average Bonchev–Trinajstić information content (AvgIpc) is 2.38. The molecule has 0 aromatic carbocycles. The fourth-order valence-electron chi connectivity index (χ4n) is 2.01. The van der Waals surface area contributed by atoms with E-state index in [1.165, 1.54) is 17.7 Å². The molecule has 0 aliphatic heterocycles. The standard InChI is InChI=1S/C14H25N3S/c1-11-5-6-13(10-16-11)14(9-15)17(3)12(2)7-8-18-4/h5-6,10,12,14H,7-9,15H2,1-4H3. The normalized spacial score (nSPS) is 14.8. The molecule has 0 aliphatic rings. The lowest BCUT2D eigenvalue weighted by atomic mass is 10.1. The molecule has 1 aromatic rings. The van der Waals surface area contributed by atoms with Crippen molar-refractivity contribution in [2.75, 3.05) is 25.6 Å². The zero-order chi connectivity index (χ0) is 13.5. The summed E-state index contributed by atoms with van der Waals surface area (Å²) >= 11 is 1.89. The molecule has 0 amide bonds. The molecule has 1 aromatic heterocycles. The largest absolute Gasteiger partial charge is 0.329 e. The highest BCUT2D eigenvalue weighted by atomic mass is 32.2. The summed E-state index contributed by atoms with van der Waals surface area (Å²) in [5, 5.41) is 0. The molecule has 1 rings (SSSR count). The summed E-state index contributed by atoms with van der Waals surface area (Å²) in [7, 11) is 2.16. The van der Waals surface area contributed by atoms with Crippen LogP contribution in [0.5, 0.6) is 0 Å². The monoisotopic (exact) mass is 267 g/mol. The Morgan fingerprint density at radius 2 is 2.17 bits per heavy atom. The number of hydrogen-bond donors (Lipinski definition) is 1. The van der Waals surface area contributed by atoms with Gasteiger partial charge in [-0.25, -0.2) is 0 Å². The molecule has 2 N–H and O–H groups in total. The van der Waals surface area contributed by atoms with Gasteiger partial charge in [0.1, 0.15) is 0 Å². The predicted octanol–water partition coefficient (Wildman–Crippen LogP) is 2.46. The summed E-state index contributed by atoms with van der Waals surface area (Å²) in [6, 6.07) is 4.98. The number of pyridine rings is 1. The average molecular weight is 267 g/mol. The van der Waals surface area contributed by atoms with Gasteiger partial charge in [-0.3, -0.25) is 9.88 Å². The predicted molar refractivity (Wildman–Crippen MR) is 81.0 cm³/mol. The zero-order valence-electron chi connectivity index (χ0n) is 11.9. The Hall–Kier alpha value is -0.580. The molecule has 4 heteroatoms. The van der Waals surface area contributed by atoms with E-state index in [1.54, 1.807) is 0 Å². The Labute approximate surface area is 115 Å².